The Morgan fingerprint density at radius 1 is 1.00 bits per heavy atom. The lowest BCUT2D eigenvalue weighted by molar-refractivity contribution is 1.36. The highest BCUT2D eigenvalue weighted by molar-refractivity contribution is 6.76. The van der Waals surface area contributed by atoms with E-state index in [1.807, 2.05) is 19.9 Å². The fourth-order valence-electron chi connectivity index (χ4n) is 0.923. The summed E-state index contributed by atoms with van der Waals surface area (Å²) in [6.07, 6.45) is 1.15. The molecule has 0 aliphatic carbocycles. The summed E-state index contributed by atoms with van der Waals surface area (Å²) in [5, 5.41) is 3.45. The first-order valence-electron chi connectivity index (χ1n) is 5.37. The van der Waals surface area contributed by atoms with Crippen molar-refractivity contribution < 1.29 is 0 Å². The molecule has 0 aliphatic rings. The minimum atomic E-state index is -0.951. The third kappa shape index (κ3) is 6.72. The molecule has 1 aromatic carbocycles. The number of hydrogen-bond donors (Lipinski definition) is 1. The number of hydrogen-bond acceptors (Lipinski definition) is 1. The van der Waals surface area contributed by atoms with Crippen molar-refractivity contribution in [3.05, 3.63) is 30.3 Å². The molecule has 1 rings (SSSR count). The topological polar surface area (TPSA) is 12.0 Å². The predicted octanol–water partition coefficient (Wildman–Crippen LogP) is 4.00. The first-order chi connectivity index (χ1) is 6.58. The number of benzene rings is 1. The normalized spacial score (nSPS) is 10.1. The van der Waals surface area contributed by atoms with Gasteiger partial charge in [0.1, 0.15) is 0 Å². The van der Waals surface area contributed by atoms with Crippen LogP contribution in [0.1, 0.15) is 13.8 Å². The van der Waals surface area contributed by atoms with Crippen LogP contribution in [0.3, 0.4) is 0 Å². The maximum absolute atomic E-state index is 3.45. The van der Waals surface area contributed by atoms with Crippen molar-refractivity contribution in [1.82, 2.24) is 0 Å². The highest BCUT2D eigenvalue weighted by Gasteiger charge is 2.11. The molecule has 14 heavy (non-hydrogen) atoms. The Bertz CT molecular complexity index is 226. The van der Waals surface area contributed by atoms with E-state index >= 15 is 0 Å². The van der Waals surface area contributed by atoms with E-state index in [9.17, 15) is 0 Å². The van der Waals surface area contributed by atoms with Crippen molar-refractivity contribution >= 4 is 13.8 Å². The van der Waals surface area contributed by atoms with E-state index in [1.165, 1.54) is 5.69 Å². The van der Waals surface area contributed by atoms with Crippen LogP contribution in [0.2, 0.25) is 19.6 Å². The molecule has 1 aromatic rings. The van der Waals surface area contributed by atoms with Crippen LogP contribution in [0, 0.1) is 0 Å². The highest BCUT2D eigenvalue weighted by atomic mass is 28.3. The SMILES string of the molecule is CC.C[Si](C)(C)CNc1ccccc1. The molecule has 0 heterocycles. The average molecular weight is 209 g/mol. The van der Waals surface area contributed by atoms with Crippen LogP contribution in [0.15, 0.2) is 30.3 Å². The van der Waals surface area contributed by atoms with Crippen LogP contribution in [-0.4, -0.2) is 14.2 Å². The summed E-state index contributed by atoms with van der Waals surface area (Å²) < 4.78 is 0. The van der Waals surface area contributed by atoms with E-state index in [2.05, 4.69) is 49.2 Å². The van der Waals surface area contributed by atoms with Crippen molar-refractivity contribution in [3.8, 4) is 0 Å². The van der Waals surface area contributed by atoms with Crippen molar-refractivity contribution in [2.24, 2.45) is 0 Å². The molecule has 0 spiro atoms. The standard InChI is InChI=1S/C10H17NSi.C2H6/c1-12(2,3)9-11-10-7-5-4-6-8-10;1-2/h4-8,11H,9H2,1-3H3;1-2H3. The second-order valence-corrected chi connectivity index (χ2v) is 9.76. The molecule has 0 amide bonds. The Hall–Kier alpha value is -0.763. The molecule has 0 aromatic heterocycles. The Balaban J connectivity index is 0.000000791. The van der Waals surface area contributed by atoms with E-state index in [4.69, 9.17) is 0 Å². The van der Waals surface area contributed by atoms with Crippen LogP contribution in [0.5, 0.6) is 0 Å². The van der Waals surface area contributed by atoms with Gasteiger partial charge < -0.3 is 5.32 Å². The average Bonchev–Trinajstić information content (AvgIpc) is 2.19. The van der Waals surface area contributed by atoms with Crippen LogP contribution in [0.25, 0.3) is 0 Å². The summed E-state index contributed by atoms with van der Waals surface area (Å²) in [5.41, 5.74) is 1.24. The van der Waals surface area contributed by atoms with Crippen LogP contribution in [0.4, 0.5) is 5.69 Å². The summed E-state index contributed by atoms with van der Waals surface area (Å²) >= 11 is 0. The molecular weight excluding hydrogens is 186 g/mol. The van der Waals surface area contributed by atoms with Gasteiger partial charge in [0, 0.05) is 11.9 Å². The third-order valence-electron chi connectivity index (χ3n) is 1.60. The molecule has 1 nitrogen and oxygen atoms in total. The summed E-state index contributed by atoms with van der Waals surface area (Å²) in [4.78, 5) is 0. The Kier molecular flexibility index (Phi) is 6.29. The lowest BCUT2D eigenvalue weighted by atomic mass is 10.3. The molecule has 1 N–H and O–H groups in total. The molecule has 0 fully saturated rings. The number of rotatable bonds is 3. The second kappa shape index (κ2) is 6.66. The zero-order valence-electron chi connectivity index (χ0n) is 10.1. The van der Waals surface area contributed by atoms with Gasteiger partial charge >= 0.3 is 0 Å². The number of nitrogens with one attached hydrogen (secondary N) is 1. The van der Waals surface area contributed by atoms with Gasteiger partial charge in [0.05, 0.1) is 8.07 Å². The van der Waals surface area contributed by atoms with Crippen LogP contribution >= 0.6 is 0 Å². The fraction of sp³-hybridized carbons (Fsp3) is 0.500. The first-order valence-corrected chi connectivity index (χ1v) is 9.07. The summed E-state index contributed by atoms with van der Waals surface area (Å²) in [6, 6.07) is 10.4. The lowest BCUT2D eigenvalue weighted by Gasteiger charge is -2.17. The van der Waals surface area contributed by atoms with Crippen molar-refractivity contribution in [2.75, 3.05) is 11.5 Å². The van der Waals surface area contributed by atoms with Crippen LogP contribution < -0.4 is 5.32 Å². The minimum absolute atomic E-state index is 0.951. The quantitative estimate of drug-likeness (QED) is 0.742. The molecule has 0 saturated heterocycles. The van der Waals surface area contributed by atoms with Gasteiger partial charge in [-0.2, -0.15) is 0 Å². The highest BCUT2D eigenvalue weighted by Crippen LogP contribution is 2.07. The van der Waals surface area contributed by atoms with Crippen LogP contribution in [-0.2, 0) is 0 Å². The Morgan fingerprint density at radius 2 is 1.50 bits per heavy atom. The van der Waals surface area contributed by atoms with Gasteiger partial charge in [0.2, 0.25) is 0 Å². The zero-order valence-corrected chi connectivity index (χ0v) is 11.1. The minimum Gasteiger partial charge on any atom is -0.388 e. The van der Waals surface area contributed by atoms with Gasteiger partial charge in [0.25, 0.3) is 0 Å². The Morgan fingerprint density at radius 3 is 1.93 bits per heavy atom. The molecule has 0 saturated carbocycles. The van der Waals surface area contributed by atoms with Gasteiger partial charge in [0.15, 0.2) is 0 Å². The molecule has 0 unspecified atom stereocenters. The number of para-hydroxylation sites is 1. The molecular formula is C12H23NSi. The first kappa shape index (κ1) is 13.2. The molecule has 80 valence electrons. The van der Waals surface area contributed by atoms with E-state index in [-0.39, 0.29) is 0 Å². The molecule has 0 radical (unpaired) electrons. The molecule has 0 aliphatic heterocycles. The number of anilines is 1. The summed E-state index contributed by atoms with van der Waals surface area (Å²) in [7, 11) is -0.951. The maximum atomic E-state index is 3.45. The third-order valence-corrected chi connectivity index (χ3v) is 2.83. The zero-order chi connectivity index (χ0) is 11.0. The van der Waals surface area contributed by atoms with E-state index in [0.29, 0.717) is 0 Å². The molecule has 2 heteroatoms. The van der Waals surface area contributed by atoms with Gasteiger partial charge in [-0.15, -0.1) is 0 Å². The van der Waals surface area contributed by atoms with Gasteiger partial charge in [-0.3, -0.25) is 0 Å². The van der Waals surface area contributed by atoms with Gasteiger partial charge in [-0.25, -0.2) is 0 Å². The summed E-state index contributed by atoms with van der Waals surface area (Å²) in [5.74, 6) is 0. The van der Waals surface area contributed by atoms with Crippen molar-refractivity contribution in [2.45, 2.75) is 33.5 Å². The van der Waals surface area contributed by atoms with Gasteiger partial charge in [-0.05, 0) is 12.1 Å². The summed E-state index contributed by atoms with van der Waals surface area (Å²) in [6.45, 7) is 11.1. The van der Waals surface area contributed by atoms with Crippen molar-refractivity contribution in [1.29, 1.82) is 0 Å². The van der Waals surface area contributed by atoms with E-state index < -0.39 is 8.07 Å². The smallest absolute Gasteiger partial charge is 0.0662 e. The fourth-order valence-corrected chi connectivity index (χ4v) is 1.66. The second-order valence-electron chi connectivity index (χ2n) is 4.28. The Labute approximate surface area is 89.6 Å². The predicted molar refractivity (Wildman–Crippen MR) is 69.6 cm³/mol. The van der Waals surface area contributed by atoms with E-state index in [0.717, 1.165) is 6.17 Å². The van der Waals surface area contributed by atoms with Crippen molar-refractivity contribution in [3.63, 3.8) is 0 Å². The molecule has 0 bridgehead atoms. The largest absolute Gasteiger partial charge is 0.388 e. The molecule has 0 atom stereocenters. The maximum Gasteiger partial charge on any atom is 0.0662 e. The van der Waals surface area contributed by atoms with E-state index in [1.54, 1.807) is 0 Å². The van der Waals surface area contributed by atoms with Gasteiger partial charge in [-0.1, -0.05) is 51.7 Å². The lowest BCUT2D eigenvalue weighted by Crippen LogP contribution is -2.31. The monoisotopic (exact) mass is 209 g/mol.